The maximum atomic E-state index is 11.9. The Hall–Kier alpha value is -2.82. The Kier molecular flexibility index (Phi) is 3.31. The second-order valence-electron chi connectivity index (χ2n) is 4.71. The van der Waals surface area contributed by atoms with Gasteiger partial charge in [-0.3, -0.25) is 4.79 Å². The highest BCUT2D eigenvalue weighted by Crippen LogP contribution is 2.27. The molecule has 0 atom stereocenters. The van der Waals surface area contributed by atoms with Crippen LogP contribution in [0.4, 0.5) is 5.69 Å². The molecule has 21 heavy (non-hydrogen) atoms. The molecule has 5 nitrogen and oxygen atoms in total. The minimum atomic E-state index is -0.273. The summed E-state index contributed by atoms with van der Waals surface area (Å²) in [5.41, 5.74) is 3.54. The van der Waals surface area contributed by atoms with E-state index in [4.69, 9.17) is 8.94 Å². The van der Waals surface area contributed by atoms with Gasteiger partial charge in [0.25, 0.3) is 5.91 Å². The molecule has 0 aliphatic rings. The highest BCUT2D eigenvalue weighted by atomic mass is 16.5. The number of benzene rings is 1. The summed E-state index contributed by atoms with van der Waals surface area (Å²) < 4.78 is 10.2. The van der Waals surface area contributed by atoms with E-state index in [1.165, 1.54) is 6.26 Å². The molecule has 0 saturated heterocycles. The first-order valence-corrected chi connectivity index (χ1v) is 6.53. The Morgan fingerprint density at radius 1 is 1.14 bits per heavy atom. The zero-order valence-corrected chi connectivity index (χ0v) is 11.7. The fourth-order valence-corrected chi connectivity index (χ4v) is 2.22. The number of furan rings is 1. The van der Waals surface area contributed by atoms with E-state index in [0.29, 0.717) is 5.69 Å². The summed E-state index contributed by atoms with van der Waals surface area (Å²) >= 11 is 0. The van der Waals surface area contributed by atoms with Gasteiger partial charge in [-0.05, 0) is 43.7 Å². The smallest absolute Gasteiger partial charge is 0.291 e. The van der Waals surface area contributed by atoms with Gasteiger partial charge in [0.2, 0.25) is 0 Å². The number of carbonyl (C=O) groups excluding carboxylic acids is 1. The van der Waals surface area contributed by atoms with Gasteiger partial charge in [-0.25, -0.2) is 0 Å². The number of nitrogens with zero attached hydrogens (tertiary/aromatic N) is 1. The van der Waals surface area contributed by atoms with Gasteiger partial charge in [0, 0.05) is 11.3 Å². The van der Waals surface area contributed by atoms with Crippen LogP contribution in [0.3, 0.4) is 0 Å². The van der Waals surface area contributed by atoms with Gasteiger partial charge in [-0.15, -0.1) is 0 Å². The van der Waals surface area contributed by atoms with Crippen molar-refractivity contribution >= 4 is 11.6 Å². The van der Waals surface area contributed by atoms with Crippen molar-refractivity contribution in [1.82, 2.24) is 5.16 Å². The molecule has 2 aromatic heterocycles. The van der Waals surface area contributed by atoms with Crippen molar-refractivity contribution in [3.63, 3.8) is 0 Å². The lowest BCUT2D eigenvalue weighted by Crippen LogP contribution is -2.10. The van der Waals surface area contributed by atoms with E-state index in [-0.39, 0.29) is 11.7 Å². The molecule has 0 bridgehead atoms. The monoisotopic (exact) mass is 282 g/mol. The van der Waals surface area contributed by atoms with Crippen LogP contribution in [0, 0.1) is 13.8 Å². The fraction of sp³-hybridized carbons (Fsp3) is 0.125. The molecule has 106 valence electrons. The zero-order valence-electron chi connectivity index (χ0n) is 11.7. The van der Waals surface area contributed by atoms with Crippen molar-refractivity contribution in [2.75, 3.05) is 5.32 Å². The molecular weight excluding hydrogens is 268 g/mol. The minimum Gasteiger partial charge on any atom is -0.459 e. The molecule has 0 fully saturated rings. The quantitative estimate of drug-likeness (QED) is 0.793. The Bertz CT molecular complexity index is 736. The van der Waals surface area contributed by atoms with E-state index in [1.807, 2.05) is 38.1 Å². The Morgan fingerprint density at radius 2 is 1.90 bits per heavy atom. The Balaban J connectivity index is 1.80. The van der Waals surface area contributed by atoms with Crippen LogP contribution in [0.15, 0.2) is 51.6 Å². The predicted molar refractivity (Wildman–Crippen MR) is 78.1 cm³/mol. The minimum absolute atomic E-state index is 0.273. The molecule has 3 aromatic rings. The van der Waals surface area contributed by atoms with Crippen molar-refractivity contribution in [1.29, 1.82) is 0 Å². The molecule has 1 amide bonds. The molecule has 2 heterocycles. The highest BCUT2D eigenvalue weighted by molar-refractivity contribution is 6.02. The summed E-state index contributed by atoms with van der Waals surface area (Å²) in [6.07, 6.45) is 1.47. The van der Waals surface area contributed by atoms with Gasteiger partial charge < -0.3 is 14.3 Å². The maximum Gasteiger partial charge on any atom is 0.291 e. The molecule has 1 N–H and O–H groups in total. The molecule has 5 heteroatoms. The first-order valence-electron chi connectivity index (χ1n) is 6.53. The number of carbonyl (C=O) groups is 1. The van der Waals surface area contributed by atoms with Crippen molar-refractivity contribution in [2.45, 2.75) is 13.8 Å². The number of rotatable bonds is 3. The van der Waals surface area contributed by atoms with Crippen molar-refractivity contribution < 1.29 is 13.7 Å². The third-order valence-corrected chi connectivity index (χ3v) is 3.21. The largest absolute Gasteiger partial charge is 0.459 e. The number of anilines is 1. The maximum absolute atomic E-state index is 11.9. The van der Waals surface area contributed by atoms with Crippen LogP contribution in [0.1, 0.15) is 22.0 Å². The zero-order chi connectivity index (χ0) is 14.8. The number of hydrogen-bond donors (Lipinski definition) is 1. The second kappa shape index (κ2) is 5.28. The van der Waals surface area contributed by atoms with Crippen LogP contribution in [0.5, 0.6) is 0 Å². The average molecular weight is 282 g/mol. The summed E-state index contributed by atoms with van der Waals surface area (Å²) in [4.78, 5) is 11.9. The van der Waals surface area contributed by atoms with Gasteiger partial charge in [0.05, 0.1) is 12.0 Å². The van der Waals surface area contributed by atoms with Gasteiger partial charge in [-0.2, -0.15) is 0 Å². The summed E-state index contributed by atoms with van der Waals surface area (Å²) in [5.74, 6) is 0.787. The van der Waals surface area contributed by atoms with Crippen LogP contribution in [-0.2, 0) is 0 Å². The molecular formula is C16H14N2O3. The van der Waals surface area contributed by atoms with E-state index in [2.05, 4.69) is 10.5 Å². The lowest BCUT2D eigenvalue weighted by molar-refractivity contribution is 0.0996. The first kappa shape index (κ1) is 13.2. The molecule has 0 spiro atoms. The molecule has 1 aromatic carbocycles. The standard InChI is InChI=1S/C16H14N2O3/c1-10-15(11(2)21-18-10)12-5-7-13(8-6-12)17-16(19)14-4-3-9-20-14/h3-9H,1-2H3,(H,17,19). The van der Waals surface area contributed by atoms with Crippen LogP contribution in [0.25, 0.3) is 11.1 Å². The number of aromatic nitrogens is 1. The van der Waals surface area contributed by atoms with E-state index < -0.39 is 0 Å². The van der Waals surface area contributed by atoms with Gasteiger partial charge in [-0.1, -0.05) is 17.3 Å². The summed E-state index contributed by atoms with van der Waals surface area (Å²) in [6.45, 7) is 3.78. The Morgan fingerprint density at radius 3 is 2.48 bits per heavy atom. The van der Waals surface area contributed by atoms with Crippen LogP contribution >= 0.6 is 0 Å². The summed E-state index contributed by atoms with van der Waals surface area (Å²) in [6, 6.07) is 10.8. The molecule has 0 aliphatic heterocycles. The summed E-state index contributed by atoms with van der Waals surface area (Å²) in [5, 5.41) is 6.71. The number of nitrogens with one attached hydrogen (secondary N) is 1. The molecule has 3 rings (SSSR count). The van der Waals surface area contributed by atoms with E-state index in [1.54, 1.807) is 12.1 Å². The van der Waals surface area contributed by atoms with Crippen molar-refractivity contribution in [3.8, 4) is 11.1 Å². The number of hydrogen-bond acceptors (Lipinski definition) is 4. The normalized spacial score (nSPS) is 10.6. The van der Waals surface area contributed by atoms with E-state index in [9.17, 15) is 4.79 Å². The molecule has 0 aliphatic carbocycles. The summed E-state index contributed by atoms with van der Waals surface area (Å²) in [7, 11) is 0. The predicted octanol–water partition coefficient (Wildman–Crippen LogP) is 3.80. The molecule has 0 radical (unpaired) electrons. The van der Waals surface area contributed by atoms with E-state index >= 15 is 0 Å². The van der Waals surface area contributed by atoms with Crippen molar-refractivity contribution in [3.05, 3.63) is 59.9 Å². The third-order valence-electron chi connectivity index (χ3n) is 3.21. The second-order valence-corrected chi connectivity index (χ2v) is 4.71. The van der Waals surface area contributed by atoms with Gasteiger partial charge >= 0.3 is 0 Å². The molecule has 0 unspecified atom stereocenters. The number of amides is 1. The number of aryl methyl sites for hydroxylation is 2. The Labute approximate surface area is 121 Å². The van der Waals surface area contributed by atoms with Crippen LogP contribution in [-0.4, -0.2) is 11.1 Å². The van der Waals surface area contributed by atoms with Gasteiger partial charge in [0.15, 0.2) is 5.76 Å². The van der Waals surface area contributed by atoms with E-state index in [0.717, 1.165) is 22.6 Å². The van der Waals surface area contributed by atoms with Crippen LogP contribution in [0.2, 0.25) is 0 Å². The first-order chi connectivity index (χ1) is 10.1. The lowest BCUT2D eigenvalue weighted by Gasteiger charge is -2.05. The topological polar surface area (TPSA) is 68.3 Å². The van der Waals surface area contributed by atoms with Crippen molar-refractivity contribution in [2.24, 2.45) is 0 Å². The molecule has 0 saturated carbocycles. The van der Waals surface area contributed by atoms with Gasteiger partial charge in [0.1, 0.15) is 5.76 Å². The fourth-order valence-electron chi connectivity index (χ4n) is 2.22. The average Bonchev–Trinajstić information content (AvgIpc) is 3.11. The lowest BCUT2D eigenvalue weighted by atomic mass is 10.0. The highest BCUT2D eigenvalue weighted by Gasteiger charge is 2.12. The van der Waals surface area contributed by atoms with Crippen LogP contribution < -0.4 is 5.32 Å². The third kappa shape index (κ3) is 2.58. The SMILES string of the molecule is Cc1noc(C)c1-c1ccc(NC(=O)c2ccco2)cc1.